The highest BCUT2D eigenvalue weighted by molar-refractivity contribution is 9.10. The minimum absolute atomic E-state index is 0.0176. The first kappa shape index (κ1) is 19.1. The number of ether oxygens (including phenoxy) is 1. The molecule has 0 fully saturated rings. The molecule has 3 rings (SSSR count). The Labute approximate surface area is 165 Å². The van der Waals surface area contributed by atoms with E-state index in [1.807, 2.05) is 38.1 Å². The van der Waals surface area contributed by atoms with Crippen molar-refractivity contribution >= 4 is 32.7 Å². The number of benzene rings is 2. The van der Waals surface area contributed by atoms with Crippen LogP contribution in [0.5, 0.6) is 5.75 Å². The molecular formula is C20H20BrN3O3. The van der Waals surface area contributed by atoms with Crippen LogP contribution in [-0.2, 0) is 11.3 Å². The fourth-order valence-corrected chi connectivity index (χ4v) is 3.19. The number of amides is 1. The first-order chi connectivity index (χ1) is 12.9. The monoisotopic (exact) mass is 429 g/mol. The molecule has 140 valence electrons. The maximum atomic E-state index is 13.1. The van der Waals surface area contributed by atoms with E-state index in [1.54, 1.807) is 25.3 Å². The van der Waals surface area contributed by atoms with Crippen molar-refractivity contribution in [1.82, 2.24) is 14.9 Å². The normalized spacial score (nSPS) is 11.0. The third kappa shape index (κ3) is 4.19. The molecule has 1 heterocycles. The molecule has 3 aromatic rings. The van der Waals surface area contributed by atoms with E-state index in [0.29, 0.717) is 28.0 Å². The zero-order chi connectivity index (χ0) is 19.6. The van der Waals surface area contributed by atoms with Crippen LogP contribution < -0.4 is 15.6 Å². The van der Waals surface area contributed by atoms with E-state index in [0.717, 1.165) is 4.47 Å². The van der Waals surface area contributed by atoms with Gasteiger partial charge >= 0.3 is 0 Å². The van der Waals surface area contributed by atoms with Gasteiger partial charge in [-0.3, -0.25) is 14.2 Å². The van der Waals surface area contributed by atoms with Gasteiger partial charge in [0.15, 0.2) is 0 Å². The van der Waals surface area contributed by atoms with Crippen molar-refractivity contribution in [1.29, 1.82) is 0 Å². The average molecular weight is 430 g/mol. The second kappa shape index (κ2) is 7.92. The number of hydrogen-bond acceptors (Lipinski definition) is 4. The molecule has 7 heteroatoms. The summed E-state index contributed by atoms with van der Waals surface area (Å²) in [4.78, 5) is 30.2. The summed E-state index contributed by atoms with van der Waals surface area (Å²) in [6.45, 7) is 3.64. The highest BCUT2D eigenvalue weighted by Gasteiger charge is 2.16. The van der Waals surface area contributed by atoms with Crippen molar-refractivity contribution in [2.24, 2.45) is 0 Å². The summed E-state index contributed by atoms with van der Waals surface area (Å²) in [5.41, 5.74) is 1.01. The number of halogens is 1. The summed E-state index contributed by atoms with van der Waals surface area (Å²) >= 11 is 3.39. The number of nitrogens with zero attached hydrogens (tertiary/aromatic N) is 2. The van der Waals surface area contributed by atoms with Crippen LogP contribution in [-0.4, -0.2) is 28.6 Å². The van der Waals surface area contributed by atoms with Crippen LogP contribution in [0.2, 0.25) is 0 Å². The molecule has 0 unspecified atom stereocenters. The third-order valence-electron chi connectivity index (χ3n) is 4.00. The number of methoxy groups -OCH3 is 1. The molecule has 0 aliphatic carbocycles. The zero-order valence-electron chi connectivity index (χ0n) is 15.3. The van der Waals surface area contributed by atoms with Crippen LogP contribution in [0.15, 0.2) is 51.7 Å². The number of rotatable bonds is 5. The molecule has 0 saturated carbocycles. The van der Waals surface area contributed by atoms with Crippen LogP contribution in [0.4, 0.5) is 0 Å². The molecule has 0 aliphatic rings. The molecule has 1 aromatic heterocycles. The smallest absolute Gasteiger partial charge is 0.262 e. The van der Waals surface area contributed by atoms with E-state index in [2.05, 4.69) is 26.2 Å². The Morgan fingerprint density at radius 2 is 2.04 bits per heavy atom. The molecule has 0 saturated heterocycles. The van der Waals surface area contributed by atoms with Crippen LogP contribution in [0.1, 0.15) is 13.8 Å². The molecule has 0 atom stereocenters. The molecule has 2 aromatic carbocycles. The fraction of sp³-hybridized carbons (Fsp3) is 0.250. The lowest BCUT2D eigenvalue weighted by Gasteiger charge is -2.15. The molecule has 0 aliphatic heterocycles. The summed E-state index contributed by atoms with van der Waals surface area (Å²) in [5, 5.41) is 3.27. The van der Waals surface area contributed by atoms with Gasteiger partial charge in [-0.15, -0.1) is 0 Å². The molecule has 0 radical (unpaired) electrons. The van der Waals surface area contributed by atoms with Crippen LogP contribution >= 0.6 is 15.9 Å². The fourth-order valence-electron chi connectivity index (χ4n) is 2.83. The summed E-state index contributed by atoms with van der Waals surface area (Å²) in [7, 11) is 1.58. The highest BCUT2D eigenvalue weighted by atomic mass is 79.9. The van der Waals surface area contributed by atoms with Gasteiger partial charge in [0, 0.05) is 16.1 Å². The van der Waals surface area contributed by atoms with E-state index in [4.69, 9.17) is 4.74 Å². The predicted octanol–water partition coefficient (Wildman–Crippen LogP) is 3.36. The van der Waals surface area contributed by atoms with Gasteiger partial charge in [0.1, 0.15) is 18.1 Å². The van der Waals surface area contributed by atoms with E-state index >= 15 is 0 Å². The van der Waals surface area contributed by atoms with Crippen LogP contribution in [0.25, 0.3) is 22.3 Å². The molecular weight excluding hydrogens is 410 g/mol. The minimum Gasteiger partial charge on any atom is -0.497 e. The molecule has 1 N–H and O–H groups in total. The first-order valence-corrected chi connectivity index (χ1v) is 9.32. The van der Waals surface area contributed by atoms with Gasteiger partial charge in [-0.25, -0.2) is 4.98 Å². The Morgan fingerprint density at radius 3 is 2.74 bits per heavy atom. The summed E-state index contributed by atoms with van der Waals surface area (Å²) in [6.07, 6.45) is 0. The largest absolute Gasteiger partial charge is 0.497 e. The average Bonchev–Trinajstić information content (AvgIpc) is 2.63. The standard InChI is InChI=1S/C20H20BrN3O3/c1-12(2)22-18(25)11-24-19(13-5-4-6-15(9-13)27-3)23-17-8-7-14(21)10-16(17)20(24)26/h4-10,12H,11H2,1-3H3,(H,22,25). The first-order valence-electron chi connectivity index (χ1n) is 8.53. The number of aromatic nitrogens is 2. The van der Waals surface area contributed by atoms with Gasteiger partial charge in [0.2, 0.25) is 5.91 Å². The zero-order valence-corrected chi connectivity index (χ0v) is 16.9. The second-order valence-corrected chi connectivity index (χ2v) is 7.36. The Bertz CT molecular complexity index is 1060. The number of carbonyl (C=O) groups is 1. The van der Waals surface area contributed by atoms with Crippen molar-refractivity contribution in [3.8, 4) is 17.1 Å². The Kier molecular flexibility index (Phi) is 5.60. The minimum atomic E-state index is -0.266. The predicted molar refractivity (Wildman–Crippen MR) is 109 cm³/mol. The lowest BCUT2D eigenvalue weighted by atomic mass is 10.1. The maximum absolute atomic E-state index is 13.1. The van der Waals surface area contributed by atoms with E-state index in [9.17, 15) is 9.59 Å². The van der Waals surface area contributed by atoms with E-state index in [-0.39, 0.29) is 24.1 Å². The number of hydrogen-bond donors (Lipinski definition) is 1. The summed E-state index contributed by atoms with van der Waals surface area (Å²) in [6, 6.07) is 12.6. The number of nitrogens with one attached hydrogen (secondary N) is 1. The quantitative estimate of drug-likeness (QED) is 0.674. The Morgan fingerprint density at radius 1 is 1.26 bits per heavy atom. The Hall–Kier alpha value is -2.67. The third-order valence-corrected chi connectivity index (χ3v) is 4.49. The van der Waals surface area contributed by atoms with E-state index < -0.39 is 0 Å². The maximum Gasteiger partial charge on any atom is 0.262 e. The lowest BCUT2D eigenvalue weighted by Crippen LogP contribution is -2.37. The van der Waals surface area contributed by atoms with Crippen LogP contribution in [0, 0.1) is 0 Å². The molecule has 1 amide bonds. The van der Waals surface area contributed by atoms with Crippen LogP contribution in [0.3, 0.4) is 0 Å². The van der Waals surface area contributed by atoms with Crippen molar-refractivity contribution in [3.63, 3.8) is 0 Å². The van der Waals surface area contributed by atoms with E-state index in [1.165, 1.54) is 4.57 Å². The molecule has 0 bridgehead atoms. The molecule has 0 spiro atoms. The van der Waals surface area contributed by atoms with Crippen molar-refractivity contribution in [3.05, 3.63) is 57.3 Å². The molecule has 27 heavy (non-hydrogen) atoms. The SMILES string of the molecule is COc1cccc(-c2nc3ccc(Br)cc3c(=O)n2CC(=O)NC(C)C)c1. The lowest BCUT2D eigenvalue weighted by molar-refractivity contribution is -0.122. The summed E-state index contributed by atoms with van der Waals surface area (Å²) in [5.74, 6) is 0.829. The van der Waals surface area contributed by atoms with Crippen molar-refractivity contribution < 1.29 is 9.53 Å². The van der Waals surface area contributed by atoms with Gasteiger partial charge in [0.05, 0.1) is 18.0 Å². The highest BCUT2D eigenvalue weighted by Crippen LogP contribution is 2.24. The van der Waals surface area contributed by atoms with Crippen molar-refractivity contribution in [2.45, 2.75) is 26.4 Å². The van der Waals surface area contributed by atoms with Gasteiger partial charge < -0.3 is 10.1 Å². The van der Waals surface area contributed by atoms with Gasteiger partial charge in [-0.05, 0) is 44.2 Å². The van der Waals surface area contributed by atoms with Gasteiger partial charge in [-0.1, -0.05) is 28.1 Å². The van der Waals surface area contributed by atoms with Gasteiger partial charge in [-0.2, -0.15) is 0 Å². The molecule has 6 nitrogen and oxygen atoms in total. The van der Waals surface area contributed by atoms with Crippen molar-refractivity contribution in [2.75, 3.05) is 7.11 Å². The summed E-state index contributed by atoms with van der Waals surface area (Å²) < 4.78 is 7.47. The Balaban J connectivity index is 2.23. The topological polar surface area (TPSA) is 73.2 Å². The second-order valence-electron chi connectivity index (χ2n) is 6.44. The number of fused-ring (bicyclic) bond motifs is 1. The number of carbonyl (C=O) groups excluding carboxylic acids is 1. The van der Waals surface area contributed by atoms with Gasteiger partial charge in [0.25, 0.3) is 5.56 Å².